The molecule has 14 heteroatoms. The van der Waals surface area contributed by atoms with E-state index in [2.05, 4.69) is 16.0 Å². The molecule has 2 heterocycles. The monoisotopic (exact) mass is 602 g/mol. The molecule has 0 saturated carbocycles. The number of esters is 1. The number of nitrogens with zero attached hydrogens (tertiary/aromatic N) is 6. The van der Waals surface area contributed by atoms with Crippen molar-refractivity contribution in [1.82, 2.24) is 14.9 Å². The summed E-state index contributed by atoms with van der Waals surface area (Å²) in [6.07, 6.45) is 0.480. The second-order valence-corrected chi connectivity index (χ2v) is 11.7. The van der Waals surface area contributed by atoms with E-state index in [0.717, 1.165) is 0 Å². The highest BCUT2D eigenvalue weighted by molar-refractivity contribution is 6.28. The van der Waals surface area contributed by atoms with Crippen molar-refractivity contribution in [2.75, 3.05) is 31.6 Å². The van der Waals surface area contributed by atoms with E-state index in [9.17, 15) is 29.4 Å². The minimum atomic E-state index is -1.37. The van der Waals surface area contributed by atoms with Gasteiger partial charge in [-0.3, -0.25) is 14.9 Å². The molecule has 1 aliphatic heterocycles. The molecule has 1 aliphatic carbocycles. The van der Waals surface area contributed by atoms with Crippen LogP contribution in [0.25, 0.3) is 0 Å². The van der Waals surface area contributed by atoms with Crippen LogP contribution < -0.4 is 4.90 Å². The molecule has 2 atom stereocenters. The second kappa shape index (κ2) is 12.1. The van der Waals surface area contributed by atoms with Gasteiger partial charge in [-0.25, -0.2) is 14.2 Å². The van der Waals surface area contributed by atoms with Crippen molar-refractivity contribution in [2.45, 2.75) is 69.9 Å². The largest absolute Gasteiger partial charge is 0.468 e. The number of nitro groups is 1. The standard InChI is InChI=1S/C28H32ClFN6O6/c1-27(2,3)42-26(38)35-13-12-34(16-19(35)9-11-31)23-22(36(39)40)21(32-25(29)33-23)15-28(24(37)41-4)10-5-6-17-14-18(30)7-8-20(17)28/h7-8,14,19H,5-6,9-10,12-13,15-16H2,1-4H3/t19-,28?/m0/s1. The number of anilines is 1. The number of ether oxygens (including phenoxy) is 2. The number of methoxy groups -OCH3 is 1. The van der Waals surface area contributed by atoms with Gasteiger partial charge in [0.05, 0.1) is 36.0 Å². The van der Waals surface area contributed by atoms with E-state index in [4.69, 9.17) is 21.1 Å². The van der Waals surface area contributed by atoms with Crippen LogP contribution in [0.5, 0.6) is 0 Å². The Labute approximate surface area is 247 Å². The third kappa shape index (κ3) is 6.23. The van der Waals surface area contributed by atoms with Crippen molar-refractivity contribution in [1.29, 1.82) is 5.26 Å². The third-order valence-electron chi connectivity index (χ3n) is 7.51. The van der Waals surface area contributed by atoms with Gasteiger partial charge in [0.2, 0.25) is 11.1 Å². The number of aryl methyl sites for hydroxylation is 1. The van der Waals surface area contributed by atoms with Gasteiger partial charge in [-0.05, 0) is 74.9 Å². The molecule has 1 aromatic carbocycles. The average Bonchev–Trinajstić information content (AvgIpc) is 2.91. The zero-order valence-electron chi connectivity index (χ0n) is 23.9. The van der Waals surface area contributed by atoms with Crippen molar-refractivity contribution in [2.24, 2.45) is 0 Å². The predicted molar refractivity (Wildman–Crippen MR) is 150 cm³/mol. The topological polar surface area (TPSA) is 152 Å². The normalized spacial score (nSPS) is 20.4. The summed E-state index contributed by atoms with van der Waals surface area (Å²) in [6.45, 7) is 5.49. The molecule has 0 spiro atoms. The van der Waals surface area contributed by atoms with E-state index in [0.29, 0.717) is 30.4 Å². The molecule has 1 fully saturated rings. The smallest absolute Gasteiger partial charge is 0.410 e. The summed E-state index contributed by atoms with van der Waals surface area (Å²) in [5, 5.41) is 21.7. The highest BCUT2D eigenvalue weighted by Crippen LogP contribution is 2.44. The Kier molecular flexibility index (Phi) is 8.87. The number of hydrogen-bond donors (Lipinski definition) is 0. The Morgan fingerprint density at radius 3 is 2.69 bits per heavy atom. The first kappa shape index (κ1) is 30.9. The number of nitriles is 1. The van der Waals surface area contributed by atoms with Gasteiger partial charge in [0.15, 0.2) is 0 Å². The van der Waals surface area contributed by atoms with Crippen molar-refractivity contribution in [3.8, 4) is 6.07 Å². The molecule has 224 valence electrons. The lowest BCUT2D eigenvalue weighted by Crippen LogP contribution is -2.56. The van der Waals surface area contributed by atoms with Crippen LogP contribution >= 0.6 is 11.6 Å². The van der Waals surface area contributed by atoms with Crippen molar-refractivity contribution < 1.29 is 28.4 Å². The predicted octanol–water partition coefficient (Wildman–Crippen LogP) is 4.51. The quantitative estimate of drug-likeness (QED) is 0.200. The van der Waals surface area contributed by atoms with Crippen molar-refractivity contribution in [3.05, 3.63) is 56.2 Å². The summed E-state index contributed by atoms with van der Waals surface area (Å²) < 4.78 is 24.7. The Morgan fingerprint density at radius 1 is 1.31 bits per heavy atom. The minimum absolute atomic E-state index is 0.0463. The molecule has 0 bridgehead atoms. The van der Waals surface area contributed by atoms with Crippen molar-refractivity contribution in [3.63, 3.8) is 0 Å². The second-order valence-electron chi connectivity index (χ2n) is 11.4. The van der Waals surface area contributed by atoms with E-state index < -0.39 is 45.5 Å². The number of carbonyl (C=O) groups excluding carboxylic acids is 2. The highest BCUT2D eigenvalue weighted by atomic mass is 35.5. The zero-order valence-corrected chi connectivity index (χ0v) is 24.6. The van der Waals surface area contributed by atoms with E-state index in [1.807, 2.05) is 0 Å². The van der Waals surface area contributed by atoms with Crippen LogP contribution in [0.15, 0.2) is 18.2 Å². The van der Waals surface area contributed by atoms with Gasteiger partial charge in [0.25, 0.3) is 0 Å². The van der Waals surface area contributed by atoms with E-state index in [1.54, 1.807) is 25.7 Å². The summed E-state index contributed by atoms with van der Waals surface area (Å²) in [5.74, 6) is -1.16. The van der Waals surface area contributed by atoms with Crippen LogP contribution in [-0.4, -0.2) is 70.2 Å². The van der Waals surface area contributed by atoms with Gasteiger partial charge >= 0.3 is 17.7 Å². The van der Waals surface area contributed by atoms with E-state index >= 15 is 0 Å². The number of carbonyl (C=O) groups is 2. The Bertz CT molecular complexity index is 1440. The van der Waals surface area contributed by atoms with E-state index in [-0.39, 0.29) is 49.3 Å². The first-order valence-electron chi connectivity index (χ1n) is 13.5. The van der Waals surface area contributed by atoms with Crippen LogP contribution in [0, 0.1) is 27.3 Å². The summed E-state index contributed by atoms with van der Waals surface area (Å²) in [7, 11) is 1.23. The Morgan fingerprint density at radius 2 is 2.05 bits per heavy atom. The number of halogens is 2. The van der Waals surface area contributed by atoms with Crippen LogP contribution in [0.3, 0.4) is 0 Å². The molecule has 1 aromatic heterocycles. The average molecular weight is 603 g/mol. The van der Waals surface area contributed by atoms with Gasteiger partial charge in [-0.15, -0.1) is 0 Å². The number of fused-ring (bicyclic) bond motifs is 1. The molecule has 2 aliphatic rings. The van der Waals surface area contributed by atoms with Gasteiger partial charge in [0, 0.05) is 26.1 Å². The molecule has 1 amide bonds. The lowest BCUT2D eigenvalue weighted by molar-refractivity contribution is -0.385. The maximum absolute atomic E-state index is 14.1. The number of benzene rings is 1. The molecule has 42 heavy (non-hydrogen) atoms. The van der Waals surface area contributed by atoms with Gasteiger partial charge < -0.3 is 19.3 Å². The van der Waals surface area contributed by atoms with Crippen LogP contribution in [0.1, 0.15) is 56.9 Å². The molecular weight excluding hydrogens is 571 g/mol. The lowest BCUT2D eigenvalue weighted by atomic mass is 9.67. The molecule has 0 radical (unpaired) electrons. The SMILES string of the molecule is COC(=O)C1(Cc2nc(Cl)nc(N3CCN(C(=O)OC(C)(C)C)[C@@H](CC#N)C3)c2[N+](=O)[O-])CCCc2cc(F)ccc21. The molecule has 2 aromatic rings. The fourth-order valence-electron chi connectivity index (χ4n) is 5.78. The molecule has 4 rings (SSSR count). The molecule has 1 saturated heterocycles. The van der Waals surface area contributed by atoms with Crippen LogP contribution in [-0.2, 0) is 32.5 Å². The molecule has 1 unspecified atom stereocenters. The fraction of sp³-hybridized carbons (Fsp3) is 0.536. The van der Waals surface area contributed by atoms with Gasteiger partial charge in [-0.2, -0.15) is 10.2 Å². The third-order valence-corrected chi connectivity index (χ3v) is 7.68. The maximum Gasteiger partial charge on any atom is 0.410 e. The summed E-state index contributed by atoms with van der Waals surface area (Å²) >= 11 is 6.32. The van der Waals surface area contributed by atoms with Crippen molar-refractivity contribution >= 4 is 35.2 Å². The number of aromatic nitrogens is 2. The maximum atomic E-state index is 14.1. The minimum Gasteiger partial charge on any atom is -0.468 e. The van der Waals surface area contributed by atoms with Crippen LogP contribution in [0.4, 0.5) is 20.7 Å². The highest BCUT2D eigenvalue weighted by Gasteiger charge is 2.47. The number of hydrogen-bond acceptors (Lipinski definition) is 10. The lowest BCUT2D eigenvalue weighted by Gasteiger charge is -2.41. The van der Waals surface area contributed by atoms with Gasteiger partial charge in [0.1, 0.15) is 17.1 Å². The number of rotatable bonds is 6. The first-order chi connectivity index (χ1) is 19.8. The van der Waals surface area contributed by atoms with E-state index in [1.165, 1.54) is 30.2 Å². The van der Waals surface area contributed by atoms with Gasteiger partial charge in [-0.1, -0.05) is 6.07 Å². The Balaban J connectivity index is 1.76. The summed E-state index contributed by atoms with van der Waals surface area (Å²) in [6, 6.07) is 5.54. The zero-order chi connectivity index (χ0) is 30.8. The molecular formula is C28H32ClFN6O6. The Hall–Kier alpha value is -4.05. The molecule has 0 N–H and O–H groups in total. The number of piperazine rings is 1. The molecule has 12 nitrogen and oxygen atoms in total. The fourth-order valence-corrected chi connectivity index (χ4v) is 5.96. The van der Waals surface area contributed by atoms with Crippen LogP contribution in [0.2, 0.25) is 5.28 Å². The number of amides is 1. The first-order valence-corrected chi connectivity index (χ1v) is 13.9. The summed E-state index contributed by atoms with van der Waals surface area (Å²) in [5.41, 5.74) is -1.50. The summed E-state index contributed by atoms with van der Waals surface area (Å²) in [4.78, 5) is 49.6.